The third kappa shape index (κ3) is 6.82. The van der Waals surface area contributed by atoms with Gasteiger partial charge < -0.3 is 10.1 Å². The zero-order valence-corrected chi connectivity index (χ0v) is 21.4. The van der Waals surface area contributed by atoms with Crippen molar-refractivity contribution >= 4 is 21.6 Å². The van der Waals surface area contributed by atoms with E-state index in [1.165, 1.54) is 17.2 Å². The highest BCUT2D eigenvalue weighted by Gasteiger charge is 2.20. The number of carbonyl (C=O) groups excluding carboxylic acids is 1. The number of carbonyl (C=O) groups is 1. The number of rotatable bonds is 9. The number of hydrogen-bond donors (Lipinski definition) is 1. The molecule has 0 saturated heterocycles. The molecule has 3 aromatic rings. The van der Waals surface area contributed by atoms with Gasteiger partial charge in [-0.05, 0) is 80.3 Å². The third-order valence-electron chi connectivity index (χ3n) is 5.89. The molecule has 0 aliphatic carbocycles. The van der Waals surface area contributed by atoms with E-state index in [9.17, 15) is 17.6 Å². The van der Waals surface area contributed by atoms with E-state index < -0.39 is 15.8 Å². The molecule has 0 aliphatic heterocycles. The summed E-state index contributed by atoms with van der Waals surface area (Å²) < 4.78 is 45.5. The summed E-state index contributed by atoms with van der Waals surface area (Å²) in [5.41, 5.74) is 5.18. The summed E-state index contributed by atoms with van der Waals surface area (Å²) in [7, 11) is -3.66. The van der Waals surface area contributed by atoms with Gasteiger partial charge in [0.2, 0.25) is 10.0 Å². The summed E-state index contributed by atoms with van der Waals surface area (Å²) in [6, 6.07) is 16.4. The van der Waals surface area contributed by atoms with Crippen molar-refractivity contribution in [1.82, 2.24) is 5.32 Å². The first kappa shape index (κ1) is 26.2. The number of ether oxygens (including phenoxy) is 1. The van der Waals surface area contributed by atoms with E-state index in [2.05, 4.69) is 24.4 Å². The second-order valence-electron chi connectivity index (χ2n) is 8.73. The van der Waals surface area contributed by atoms with Crippen molar-refractivity contribution in [3.8, 4) is 5.75 Å². The molecule has 1 amide bonds. The van der Waals surface area contributed by atoms with Gasteiger partial charge >= 0.3 is 0 Å². The highest BCUT2D eigenvalue weighted by molar-refractivity contribution is 7.92. The Morgan fingerprint density at radius 3 is 2.26 bits per heavy atom. The van der Waals surface area contributed by atoms with E-state index in [1.807, 2.05) is 20.8 Å². The zero-order valence-electron chi connectivity index (χ0n) is 20.6. The molecule has 1 N–H and O–H groups in total. The SMILES string of the molecule is Cc1cc(C)c([C@@H](C)NC(=O)COc2ccc(N(Cc3ccccc3F)S(C)(=O)=O)cc2)cc1C. The zero-order chi connectivity index (χ0) is 25.8. The van der Waals surface area contributed by atoms with Crippen molar-refractivity contribution < 1.29 is 22.3 Å². The van der Waals surface area contributed by atoms with Gasteiger partial charge in [0.15, 0.2) is 6.61 Å². The number of sulfonamides is 1. The van der Waals surface area contributed by atoms with E-state index in [0.717, 1.165) is 21.7 Å². The van der Waals surface area contributed by atoms with E-state index in [-0.39, 0.29) is 30.7 Å². The van der Waals surface area contributed by atoms with Gasteiger partial charge in [0.25, 0.3) is 5.91 Å². The second-order valence-corrected chi connectivity index (χ2v) is 10.6. The monoisotopic (exact) mass is 498 g/mol. The Balaban J connectivity index is 1.63. The van der Waals surface area contributed by atoms with Crippen molar-refractivity contribution in [2.75, 3.05) is 17.2 Å². The number of aryl methyl sites for hydroxylation is 3. The fourth-order valence-corrected chi connectivity index (χ4v) is 4.73. The van der Waals surface area contributed by atoms with Crippen LogP contribution in [0.4, 0.5) is 10.1 Å². The number of amides is 1. The maximum atomic E-state index is 14.1. The fraction of sp³-hybridized carbons (Fsp3) is 0.296. The second kappa shape index (κ2) is 10.9. The number of nitrogens with one attached hydrogen (secondary N) is 1. The number of anilines is 1. The lowest BCUT2D eigenvalue weighted by molar-refractivity contribution is -0.123. The number of hydrogen-bond acceptors (Lipinski definition) is 4. The molecule has 0 spiro atoms. The highest BCUT2D eigenvalue weighted by atomic mass is 32.2. The summed E-state index contributed by atoms with van der Waals surface area (Å²) in [6.45, 7) is 7.74. The Bertz CT molecular complexity index is 1310. The van der Waals surface area contributed by atoms with Crippen LogP contribution in [0, 0.1) is 26.6 Å². The summed E-state index contributed by atoms with van der Waals surface area (Å²) in [5, 5.41) is 2.95. The largest absolute Gasteiger partial charge is 0.484 e. The van der Waals surface area contributed by atoms with Gasteiger partial charge in [0, 0.05) is 5.56 Å². The predicted octanol–water partition coefficient (Wildman–Crippen LogP) is 4.97. The van der Waals surface area contributed by atoms with Gasteiger partial charge in [-0.15, -0.1) is 0 Å². The first-order valence-corrected chi connectivity index (χ1v) is 13.1. The maximum Gasteiger partial charge on any atom is 0.258 e. The summed E-state index contributed by atoms with van der Waals surface area (Å²) in [5.74, 6) is -0.327. The van der Waals surface area contributed by atoms with Crippen LogP contribution in [0.15, 0.2) is 60.7 Å². The highest BCUT2D eigenvalue weighted by Crippen LogP contribution is 2.25. The van der Waals surface area contributed by atoms with Crippen LogP contribution in [0.2, 0.25) is 0 Å². The average Bonchev–Trinajstić information content (AvgIpc) is 2.79. The molecule has 186 valence electrons. The molecule has 0 aliphatic rings. The Labute approximate surface area is 206 Å². The fourth-order valence-electron chi connectivity index (χ4n) is 3.85. The van der Waals surface area contributed by atoms with Crippen LogP contribution in [0.5, 0.6) is 5.75 Å². The van der Waals surface area contributed by atoms with Crippen LogP contribution in [-0.4, -0.2) is 27.2 Å². The van der Waals surface area contributed by atoms with Crippen molar-refractivity contribution in [1.29, 1.82) is 0 Å². The number of benzene rings is 3. The Morgan fingerprint density at radius 2 is 1.63 bits per heavy atom. The Morgan fingerprint density at radius 1 is 1.00 bits per heavy atom. The van der Waals surface area contributed by atoms with Crippen molar-refractivity contribution in [2.45, 2.75) is 40.3 Å². The molecule has 0 radical (unpaired) electrons. The Kier molecular flexibility index (Phi) is 8.17. The lowest BCUT2D eigenvalue weighted by Crippen LogP contribution is -2.31. The molecule has 0 bridgehead atoms. The summed E-state index contributed by atoms with van der Waals surface area (Å²) in [6.07, 6.45) is 1.07. The normalized spacial score (nSPS) is 12.2. The van der Waals surface area contributed by atoms with Gasteiger partial charge in [0.05, 0.1) is 24.5 Å². The molecule has 8 heteroatoms. The quantitative estimate of drug-likeness (QED) is 0.452. The topological polar surface area (TPSA) is 75.7 Å². The molecule has 3 aromatic carbocycles. The molecule has 0 saturated carbocycles. The molecule has 1 atom stereocenters. The van der Waals surface area contributed by atoms with Gasteiger partial charge in [0.1, 0.15) is 11.6 Å². The molecule has 0 aromatic heterocycles. The Hall–Kier alpha value is -3.39. The van der Waals surface area contributed by atoms with Crippen LogP contribution < -0.4 is 14.4 Å². The number of halogens is 1. The first-order valence-electron chi connectivity index (χ1n) is 11.3. The minimum atomic E-state index is -3.66. The minimum absolute atomic E-state index is 0.135. The molecular weight excluding hydrogens is 467 g/mol. The molecule has 35 heavy (non-hydrogen) atoms. The van der Waals surface area contributed by atoms with E-state index in [0.29, 0.717) is 11.4 Å². The molecule has 0 fully saturated rings. The first-order chi connectivity index (χ1) is 16.5. The summed E-state index contributed by atoms with van der Waals surface area (Å²) in [4.78, 5) is 12.4. The minimum Gasteiger partial charge on any atom is -0.484 e. The summed E-state index contributed by atoms with van der Waals surface area (Å²) >= 11 is 0. The predicted molar refractivity (Wildman–Crippen MR) is 137 cm³/mol. The molecule has 0 unspecified atom stereocenters. The van der Waals surface area contributed by atoms with Gasteiger partial charge in [-0.2, -0.15) is 0 Å². The van der Waals surface area contributed by atoms with E-state index in [1.54, 1.807) is 42.5 Å². The van der Waals surface area contributed by atoms with Gasteiger partial charge in [-0.3, -0.25) is 9.10 Å². The van der Waals surface area contributed by atoms with Gasteiger partial charge in [-0.25, -0.2) is 12.8 Å². The lowest BCUT2D eigenvalue weighted by atomic mass is 9.96. The standard InChI is InChI=1S/C27H31FN2O4S/c1-18-14-20(3)25(15-19(18)2)21(4)29-27(31)17-34-24-12-10-23(11-13-24)30(35(5,32)33)16-22-8-6-7-9-26(22)28/h6-15,21H,16-17H2,1-5H3,(H,29,31)/t21-/m1/s1. The van der Waals surface area contributed by atoms with Gasteiger partial charge in [-0.1, -0.05) is 30.3 Å². The molecule has 3 rings (SSSR count). The van der Waals surface area contributed by atoms with Crippen LogP contribution >= 0.6 is 0 Å². The van der Waals surface area contributed by atoms with Crippen molar-refractivity contribution in [2.24, 2.45) is 0 Å². The average molecular weight is 499 g/mol. The lowest BCUT2D eigenvalue weighted by Gasteiger charge is -2.23. The molecule has 0 heterocycles. The van der Waals surface area contributed by atoms with Crippen molar-refractivity contribution in [3.05, 3.63) is 94.3 Å². The third-order valence-corrected chi connectivity index (χ3v) is 7.03. The van der Waals surface area contributed by atoms with Crippen molar-refractivity contribution in [3.63, 3.8) is 0 Å². The molecular formula is C27H31FN2O4S. The van der Waals surface area contributed by atoms with E-state index in [4.69, 9.17) is 4.74 Å². The van der Waals surface area contributed by atoms with Crippen LogP contribution in [0.25, 0.3) is 0 Å². The van der Waals surface area contributed by atoms with Crippen LogP contribution in [-0.2, 0) is 21.4 Å². The smallest absolute Gasteiger partial charge is 0.258 e. The van der Waals surface area contributed by atoms with E-state index >= 15 is 0 Å². The maximum absolute atomic E-state index is 14.1. The number of nitrogens with zero attached hydrogens (tertiary/aromatic N) is 1. The van der Waals surface area contributed by atoms with Crippen LogP contribution in [0.3, 0.4) is 0 Å². The molecule has 6 nitrogen and oxygen atoms in total. The van der Waals surface area contributed by atoms with Crippen LogP contribution in [0.1, 0.15) is 40.8 Å².